The number of rotatable bonds is 4. The molecule has 0 saturated carbocycles. The molecular formula is C17H14Cl2N4O. The maximum atomic E-state index is 12.3. The highest BCUT2D eigenvalue weighted by atomic mass is 35.5. The summed E-state index contributed by atoms with van der Waals surface area (Å²) in [6.07, 6.45) is 0. The molecule has 122 valence electrons. The van der Waals surface area contributed by atoms with Gasteiger partial charge in [0.25, 0.3) is 5.56 Å². The van der Waals surface area contributed by atoms with E-state index in [1.807, 2.05) is 36.4 Å². The second kappa shape index (κ2) is 6.55. The number of halogens is 2. The smallest absolute Gasteiger partial charge is 0.291 e. The fourth-order valence-electron chi connectivity index (χ4n) is 2.46. The van der Waals surface area contributed by atoms with E-state index in [9.17, 15) is 4.79 Å². The van der Waals surface area contributed by atoms with E-state index < -0.39 is 0 Å². The van der Waals surface area contributed by atoms with Crippen LogP contribution in [0.15, 0.2) is 58.3 Å². The van der Waals surface area contributed by atoms with Gasteiger partial charge in [0.1, 0.15) is 0 Å². The Kier molecular flexibility index (Phi) is 4.46. The third-order valence-corrected chi connectivity index (χ3v) is 4.21. The minimum atomic E-state index is -0.288. The first-order valence-electron chi connectivity index (χ1n) is 7.09. The van der Waals surface area contributed by atoms with Crippen molar-refractivity contribution in [2.75, 3.05) is 4.90 Å². The van der Waals surface area contributed by atoms with E-state index in [4.69, 9.17) is 23.2 Å². The maximum Gasteiger partial charge on any atom is 0.294 e. The van der Waals surface area contributed by atoms with Gasteiger partial charge in [0, 0.05) is 7.05 Å². The second-order valence-electron chi connectivity index (χ2n) is 5.07. The van der Waals surface area contributed by atoms with E-state index in [0.717, 1.165) is 0 Å². The molecule has 1 N–H and O–H groups in total. The fourth-order valence-corrected chi connectivity index (χ4v) is 2.90. The molecule has 0 radical (unpaired) electrons. The Morgan fingerprint density at radius 3 is 2.00 bits per heavy atom. The van der Waals surface area contributed by atoms with Crippen molar-refractivity contribution in [2.45, 2.75) is 0 Å². The van der Waals surface area contributed by atoms with Crippen LogP contribution in [0, 0.1) is 0 Å². The van der Waals surface area contributed by atoms with Crippen molar-refractivity contribution in [3.05, 3.63) is 68.9 Å². The van der Waals surface area contributed by atoms with Gasteiger partial charge in [0.05, 0.1) is 21.4 Å². The Morgan fingerprint density at radius 1 is 1.04 bits per heavy atom. The lowest BCUT2D eigenvalue weighted by Crippen LogP contribution is -2.12. The molecule has 0 amide bonds. The third kappa shape index (κ3) is 2.72. The molecule has 0 aliphatic heterocycles. The van der Waals surface area contributed by atoms with Crippen molar-refractivity contribution in [1.82, 2.24) is 9.78 Å². The van der Waals surface area contributed by atoms with Gasteiger partial charge >= 0.3 is 0 Å². The molecule has 0 bridgehead atoms. The lowest BCUT2D eigenvalue weighted by Gasteiger charge is -2.25. The fraction of sp³-hybridized carbons (Fsp3) is 0.0588. The lowest BCUT2D eigenvalue weighted by atomic mass is 10.2. The Bertz CT molecular complexity index is 916. The Hall–Kier alpha value is -2.50. The summed E-state index contributed by atoms with van der Waals surface area (Å²) in [5.41, 5.74) is 1.24. The van der Waals surface area contributed by atoms with Gasteiger partial charge in [0.2, 0.25) is 0 Å². The molecule has 3 rings (SSSR count). The van der Waals surface area contributed by atoms with Crippen LogP contribution in [0.25, 0.3) is 0 Å². The van der Waals surface area contributed by atoms with E-state index in [2.05, 4.69) is 16.8 Å². The van der Waals surface area contributed by atoms with Gasteiger partial charge in [-0.1, -0.05) is 47.5 Å². The lowest BCUT2D eigenvalue weighted by molar-refractivity contribution is 0.740. The molecule has 3 aromatic rings. The van der Waals surface area contributed by atoms with Crippen molar-refractivity contribution in [1.29, 1.82) is 0 Å². The highest BCUT2D eigenvalue weighted by Crippen LogP contribution is 2.43. The van der Waals surface area contributed by atoms with Crippen LogP contribution in [0.2, 0.25) is 10.0 Å². The normalized spacial score (nSPS) is 10.6. The SMILES string of the molecule is C=Nc1c(N(c2ccccc2Cl)c2ccccc2Cl)[nH]n(C)c1=O. The standard InChI is InChI=1S/C17H14Cl2N4O/c1-20-15-16(21-22(2)17(15)24)23(13-9-5-3-7-11(13)18)14-10-6-4-8-12(14)19/h3-10,21H,1H2,2H3. The summed E-state index contributed by atoms with van der Waals surface area (Å²) in [6, 6.07) is 14.6. The molecule has 0 saturated heterocycles. The molecule has 24 heavy (non-hydrogen) atoms. The summed E-state index contributed by atoms with van der Waals surface area (Å²) in [5.74, 6) is 0.443. The Balaban J connectivity index is 2.34. The molecule has 2 aromatic carbocycles. The zero-order valence-corrected chi connectivity index (χ0v) is 14.3. The van der Waals surface area contributed by atoms with E-state index >= 15 is 0 Å². The highest BCUT2D eigenvalue weighted by Gasteiger charge is 2.24. The van der Waals surface area contributed by atoms with Gasteiger partial charge < -0.3 is 0 Å². The number of H-pyrrole nitrogens is 1. The predicted molar refractivity (Wildman–Crippen MR) is 99.9 cm³/mol. The zero-order valence-electron chi connectivity index (χ0n) is 12.8. The summed E-state index contributed by atoms with van der Waals surface area (Å²) in [5, 5.41) is 4.02. The Morgan fingerprint density at radius 2 is 1.54 bits per heavy atom. The number of nitrogens with one attached hydrogen (secondary N) is 1. The minimum absolute atomic E-state index is 0.192. The number of benzene rings is 2. The molecule has 7 heteroatoms. The molecule has 0 fully saturated rings. The minimum Gasteiger partial charge on any atom is -0.291 e. The average molecular weight is 361 g/mol. The molecule has 1 aromatic heterocycles. The van der Waals surface area contributed by atoms with Gasteiger partial charge in [-0.05, 0) is 31.0 Å². The molecule has 1 heterocycles. The number of hydrogen-bond donors (Lipinski definition) is 1. The van der Waals surface area contributed by atoms with Crippen LogP contribution in [0.4, 0.5) is 22.9 Å². The van der Waals surface area contributed by atoms with Crippen molar-refractivity contribution >= 4 is 52.8 Å². The van der Waals surface area contributed by atoms with Crippen LogP contribution < -0.4 is 10.5 Å². The van der Waals surface area contributed by atoms with E-state index in [-0.39, 0.29) is 11.2 Å². The average Bonchev–Trinajstić information content (AvgIpc) is 2.86. The molecule has 0 aliphatic rings. The van der Waals surface area contributed by atoms with Crippen LogP contribution in [-0.2, 0) is 7.05 Å². The maximum absolute atomic E-state index is 12.3. The van der Waals surface area contributed by atoms with Crippen molar-refractivity contribution in [3.8, 4) is 0 Å². The number of aryl methyl sites for hydroxylation is 1. The first kappa shape index (κ1) is 16.4. The van der Waals surface area contributed by atoms with Crippen LogP contribution in [0.3, 0.4) is 0 Å². The van der Waals surface area contributed by atoms with Gasteiger partial charge in [-0.3, -0.25) is 24.5 Å². The molecule has 0 spiro atoms. The van der Waals surface area contributed by atoms with Gasteiger partial charge in [-0.25, -0.2) is 0 Å². The molecule has 5 nitrogen and oxygen atoms in total. The topological polar surface area (TPSA) is 53.4 Å². The van der Waals surface area contributed by atoms with Crippen LogP contribution in [0.5, 0.6) is 0 Å². The van der Waals surface area contributed by atoms with Gasteiger partial charge in [-0.15, -0.1) is 0 Å². The van der Waals surface area contributed by atoms with Crippen molar-refractivity contribution in [2.24, 2.45) is 12.0 Å². The Labute approximate surface area is 148 Å². The quantitative estimate of drug-likeness (QED) is 0.678. The first-order chi connectivity index (χ1) is 11.5. The summed E-state index contributed by atoms with van der Waals surface area (Å²) >= 11 is 12.8. The van der Waals surface area contributed by atoms with Crippen LogP contribution in [0.1, 0.15) is 0 Å². The number of para-hydroxylation sites is 2. The predicted octanol–water partition coefficient (Wildman–Crippen LogP) is 4.82. The first-order valence-corrected chi connectivity index (χ1v) is 7.85. The number of hydrogen-bond acceptors (Lipinski definition) is 3. The molecule has 0 aliphatic carbocycles. The summed E-state index contributed by atoms with van der Waals surface area (Å²) in [4.78, 5) is 17.9. The largest absolute Gasteiger partial charge is 0.294 e. The van der Waals surface area contributed by atoms with Gasteiger partial charge in [0.15, 0.2) is 11.5 Å². The van der Waals surface area contributed by atoms with E-state index in [1.54, 1.807) is 24.1 Å². The summed E-state index contributed by atoms with van der Waals surface area (Å²) in [7, 11) is 1.61. The van der Waals surface area contributed by atoms with Crippen molar-refractivity contribution < 1.29 is 0 Å². The third-order valence-electron chi connectivity index (χ3n) is 3.57. The van der Waals surface area contributed by atoms with Gasteiger partial charge in [-0.2, -0.15) is 0 Å². The zero-order chi connectivity index (χ0) is 17.3. The summed E-state index contributed by atoms with van der Waals surface area (Å²) in [6.45, 7) is 3.50. The second-order valence-corrected chi connectivity index (χ2v) is 5.88. The van der Waals surface area contributed by atoms with Crippen LogP contribution in [-0.4, -0.2) is 16.5 Å². The highest BCUT2D eigenvalue weighted by molar-refractivity contribution is 6.35. The number of anilines is 3. The number of aromatic amines is 1. The number of aliphatic imine (C=N–C) groups is 1. The number of aromatic nitrogens is 2. The summed E-state index contributed by atoms with van der Waals surface area (Å²) < 4.78 is 1.33. The molecule has 0 unspecified atom stereocenters. The number of nitrogens with zero attached hydrogens (tertiary/aromatic N) is 3. The van der Waals surface area contributed by atoms with Crippen LogP contribution >= 0.6 is 23.2 Å². The molecule has 0 atom stereocenters. The molecular weight excluding hydrogens is 347 g/mol. The van der Waals surface area contributed by atoms with Crippen molar-refractivity contribution in [3.63, 3.8) is 0 Å². The van der Waals surface area contributed by atoms with E-state index in [0.29, 0.717) is 27.2 Å². The van der Waals surface area contributed by atoms with E-state index in [1.165, 1.54) is 4.68 Å². The monoisotopic (exact) mass is 360 g/mol.